The van der Waals surface area contributed by atoms with Crippen LogP contribution in [0.5, 0.6) is 0 Å². The van der Waals surface area contributed by atoms with Gasteiger partial charge in [0.25, 0.3) is 0 Å². The van der Waals surface area contributed by atoms with Crippen molar-refractivity contribution in [2.75, 3.05) is 4.90 Å². The quantitative estimate of drug-likeness (QED) is 0.138. The second-order valence-electron chi connectivity index (χ2n) is 27.1. The molecule has 0 N–H and O–H groups in total. The van der Waals surface area contributed by atoms with Crippen molar-refractivity contribution in [3.05, 3.63) is 253 Å². The van der Waals surface area contributed by atoms with Crippen LogP contribution in [0.1, 0.15) is 105 Å². The van der Waals surface area contributed by atoms with Crippen LogP contribution in [0.3, 0.4) is 0 Å². The SMILES string of the molecule is CC(C)(C)c1cc(-c2cccc(-c3ccccc3)c2)cc(N(c2cc(-c3ccccc3-c3ccccc3)cc(C(C)(C)C)c2)c2ccc3ccc4c(-n5c6ccc(C(C)(C)C)cc6c6cc(C(C)(C)C)ccc65)ccc5ccc2c3c54)c1. The topological polar surface area (TPSA) is 8.17 Å². The van der Waals surface area contributed by atoms with Crippen LogP contribution in [0.25, 0.3) is 104 Å². The first kappa shape index (κ1) is 52.6. The zero-order chi connectivity index (χ0) is 57.0. The van der Waals surface area contributed by atoms with Gasteiger partial charge in [0.15, 0.2) is 0 Å². The summed E-state index contributed by atoms with van der Waals surface area (Å²) in [5.41, 5.74) is 21.5. The van der Waals surface area contributed by atoms with Gasteiger partial charge in [-0.2, -0.15) is 0 Å². The second-order valence-corrected chi connectivity index (χ2v) is 27.1. The van der Waals surface area contributed by atoms with Gasteiger partial charge in [-0.3, -0.25) is 0 Å². The van der Waals surface area contributed by atoms with Crippen molar-refractivity contribution in [3.63, 3.8) is 0 Å². The molecule has 0 atom stereocenters. The lowest BCUT2D eigenvalue weighted by Gasteiger charge is -2.32. The van der Waals surface area contributed by atoms with Gasteiger partial charge in [0.1, 0.15) is 0 Å². The number of hydrogen-bond donors (Lipinski definition) is 0. The number of fused-ring (bicyclic) bond motifs is 3. The molecule has 0 spiro atoms. The van der Waals surface area contributed by atoms with E-state index in [2.05, 4.69) is 323 Å². The van der Waals surface area contributed by atoms with E-state index < -0.39 is 0 Å². The van der Waals surface area contributed by atoms with Crippen molar-refractivity contribution < 1.29 is 0 Å². The highest BCUT2D eigenvalue weighted by Crippen LogP contribution is 2.50. The Morgan fingerprint density at radius 3 is 1.28 bits per heavy atom. The van der Waals surface area contributed by atoms with Gasteiger partial charge in [-0.25, -0.2) is 0 Å². The molecule has 0 bridgehead atoms. The highest BCUT2D eigenvalue weighted by atomic mass is 15.1. The molecule has 2 heteroatoms. The first-order valence-corrected chi connectivity index (χ1v) is 29.4. The smallest absolute Gasteiger partial charge is 0.0541 e. The van der Waals surface area contributed by atoms with Crippen LogP contribution in [-0.4, -0.2) is 4.57 Å². The van der Waals surface area contributed by atoms with E-state index in [0.29, 0.717) is 0 Å². The van der Waals surface area contributed by atoms with Gasteiger partial charge in [0.05, 0.1) is 22.4 Å². The van der Waals surface area contributed by atoms with Crippen molar-refractivity contribution in [2.24, 2.45) is 0 Å². The average molecular weight is 1060 g/mol. The van der Waals surface area contributed by atoms with Gasteiger partial charge in [-0.1, -0.05) is 247 Å². The van der Waals surface area contributed by atoms with E-state index in [0.717, 1.165) is 17.1 Å². The maximum atomic E-state index is 2.59. The van der Waals surface area contributed by atoms with E-state index in [1.54, 1.807) is 0 Å². The lowest BCUT2D eigenvalue weighted by molar-refractivity contribution is 0.590. The van der Waals surface area contributed by atoms with E-state index in [4.69, 9.17) is 0 Å². The van der Waals surface area contributed by atoms with Crippen LogP contribution in [0.4, 0.5) is 17.1 Å². The van der Waals surface area contributed by atoms with E-state index >= 15 is 0 Å². The van der Waals surface area contributed by atoms with Gasteiger partial charge in [0, 0.05) is 32.9 Å². The lowest BCUT2D eigenvalue weighted by Crippen LogP contribution is -2.17. The molecule has 0 saturated heterocycles. The van der Waals surface area contributed by atoms with E-state index in [9.17, 15) is 0 Å². The Bertz CT molecular complexity index is 4510. The minimum atomic E-state index is -0.164. The summed E-state index contributed by atoms with van der Waals surface area (Å²) in [6, 6.07) is 87.6. The fourth-order valence-corrected chi connectivity index (χ4v) is 12.6. The summed E-state index contributed by atoms with van der Waals surface area (Å²) in [6.45, 7) is 28.0. The molecule has 0 unspecified atom stereocenters. The predicted octanol–water partition coefficient (Wildman–Crippen LogP) is 23.0. The number of nitrogens with zero attached hydrogens (tertiary/aromatic N) is 2. The summed E-state index contributed by atoms with van der Waals surface area (Å²) in [5.74, 6) is 0. The predicted molar refractivity (Wildman–Crippen MR) is 356 cm³/mol. The molecule has 404 valence electrons. The third-order valence-electron chi connectivity index (χ3n) is 17.3. The molecule has 12 aromatic carbocycles. The Morgan fingerprint density at radius 1 is 0.280 bits per heavy atom. The van der Waals surface area contributed by atoms with Crippen LogP contribution in [0.2, 0.25) is 0 Å². The molecule has 0 aliphatic rings. The van der Waals surface area contributed by atoms with Crippen LogP contribution in [0.15, 0.2) is 231 Å². The first-order chi connectivity index (χ1) is 39.2. The number of anilines is 3. The molecule has 82 heavy (non-hydrogen) atoms. The molecule has 0 fully saturated rings. The van der Waals surface area contributed by atoms with Crippen molar-refractivity contribution in [3.8, 4) is 50.2 Å². The van der Waals surface area contributed by atoms with Crippen LogP contribution >= 0.6 is 0 Å². The zero-order valence-corrected chi connectivity index (χ0v) is 49.8. The molecule has 1 aromatic heterocycles. The summed E-state index contributed by atoms with van der Waals surface area (Å²) >= 11 is 0. The Hall–Kier alpha value is -8.72. The Labute approximate surface area is 485 Å². The normalized spacial score (nSPS) is 12.6. The summed E-state index contributed by atoms with van der Waals surface area (Å²) in [5, 5.41) is 10.1. The summed E-state index contributed by atoms with van der Waals surface area (Å²) < 4.78 is 2.54. The second kappa shape index (κ2) is 19.5. The molecule has 13 rings (SSSR count). The third kappa shape index (κ3) is 9.33. The van der Waals surface area contributed by atoms with Crippen molar-refractivity contribution in [2.45, 2.75) is 105 Å². The molecule has 13 aromatic rings. The Kier molecular flexibility index (Phi) is 12.5. The van der Waals surface area contributed by atoms with Gasteiger partial charge >= 0.3 is 0 Å². The molecular weight excluding hydrogens is 989 g/mol. The van der Waals surface area contributed by atoms with Crippen LogP contribution in [-0.2, 0) is 21.7 Å². The largest absolute Gasteiger partial charge is 0.310 e. The molecule has 0 aliphatic carbocycles. The average Bonchev–Trinajstić information content (AvgIpc) is 3.99. The molecular formula is C80H74N2. The Balaban J connectivity index is 1.10. The van der Waals surface area contributed by atoms with Crippen LogP contribution in [0, 0.1) is 0 Å². The Morgan fingerprint density at radius 2 is 0.720 bits per heavy atom. The fourth-order valence-electron chi connectivity index (χ4n) is 12.6. The molecule has 1 heterocycles. The van der Waals surface area contributed by atoms with E-state index in [1.165, 1.54) is 127 Å². The summed E-state index contributed by atoms with van der Waals surface area (Å²) in [6.07, 6.45) is 0. The molecule has 0 radical (unpaired) electrons. The minimum Gasteiger partial charge on any atom is -0.310 e. The molecule has 0 amide bonds. The van der Waals surface area contributed by atoms with E-state index in [1.807, 2.05) is 0 Å². The molecule has 0 aliphatic heterocycles. The van der Waals surface area contributed by atoms with Crippen molar-refractivity contribution in [1.82, 2.24) is 4.57 Å². The summed E-state index contributed by atoms with van der Waals surface area (Å²) in [7, 11) is 0. The molecule has 2 nitrogen and oxygen atoms in total. The van der Waals surface area contributed by atoms with Crippen molar-refractivity contribution >= 4 is 71.2 Å². The van der Waals surface area contributed by atoms with Gasteiger partial charge in [-0.05, 0) is 177 Å². The summed E-state index contributed by atoms with van der Waals surface area (Å²) in [4.78, 5) is 2.59. The van der Waals surface area contributed by atoms with Crippen molar-refractivity contribution in [1.29, 1.82) is 0 Å². The number of rotatable bonds is 8. The van der Waals surface area contributed by atoms with Gasteiger partial charge in [-0.15, -0.1) is 0 Å². The minimum absolute atomic E-state index is 0.00813. The number of aromatic nitrogens is 1. The maximum absolute atomic E-state index is 2.59. The number of benzene rings is 12. The van der Waals surface area contributed by atoms with Gasteiger partial charge < -0.3 is 9.47 Å². The fraction of sp³-hybridized carbons (Fsp3) is 0.200. The first-order valence-electron chi connectivity index (χ1n) is 29.4. The standard InChI is InChI=1S/C80H74N2/c1-77(2,3)59-34-40-73-69(49-59)70-50-60(78(4,5)6)35-41-74(70)82(73)72-39-33-54-30-36-67-71(38-32-53-31-37-68(72)76(54)75(53)67)81(63-45-57(43-61(47-63)79(7,8)9)56-27-21-26-55(42-56)51-22-15-13-16-23-51)64-46-58(44-62(48-64)80(10,11)12)66-29-20-19-28-65(66)52-24-17-14-18-25-52/h13-50H,1-12H3. The third-order valence-corrected chi connectivity index (χ3v) is 17.3. The van der Waals surface area contributed by atoms with E-state index in [-0.39, 0.29) is 21.7 Å². The van der Waals surface area contributed by atoms with Crippen LogP contribution < -0.4 is 4.90 Å². The number of hydrogen-bond acceptors (Lipinski definition) is 1. The zero-order valence-electron chi connectivity index (χ0n) is 49.8. The monoisotopic (exact) mass is 1060 g/mol. The maximum Gasteiger partial charge on any atom is 0.0541 e. The highest BCUT2D eigenvalue weighted by molar-refractivity contribution is 6.27. The molecule has 0 saturated carbocycles. The lowest BCUT2D eigenvalue weighted by atomic mass is 9.83. The van der Waals surface area contributed by atoms with Gasteiger partial charge in [0.2, 0.25) is 0 Å². The highest BCUT2D eigenvalue weighted by Gasteiger charge is 2.28.